The molecular formula is C20H25NO4. The average Bonchev–Trinajstić information content (AvgIpc) is 2.60. The van der Waals surface area contributed by atoms with Crippen LogP contribution < -0.4 is 19.5 Å². The summed E-state index contributed by atoms with van der Waals surface area (Å²) in [6.45, 7) is 6.60. The zero-order valence-electron chi connectivity index (χ0n) is 15.2. The minimum Gasteiger partial charge on any atom is -0.493 e. The molecule has 5 nitrogen and oxygen atoms in total. The first-order valence-electron chi connectivity index (χ1n) is 8.37. The Hall–Kier alpha value is -2.69. The lowest BCUT2D eigenvalue weighted by Gasteiger charge is -2.15. The predicted molar refractivity (Wildman–Crippen MR) is 97.5 cm³/mol. The monoisotopic (exact) mass is 343 g/mol. The van der Waals surface area contributed by atoms with Crippen LogP contribution in [0.4, 0.5) is 0 Å². The third-order valence-electron chi connectivity index (χ3n) is 3.49. The molecule has 0 saturated heterocycles. The fraction of sp³-hybridized carbons (Fsp3) is 0.350. The van der Waals surface area contributed by atoms with Gasteiger partial charge in [0.25, 0.3) is 5.91 Å². The molecule has 2 rings (SSSR count). The summed E-state index contributed by atoms with van der Waals surface area (Å²) in [5.74, 6) is 1.90. The summed E-state index contributed by atoms with van der Waals surface area (Å²) in [7, 11) is 1.60. The highest BCUT2D eigenvalue weighted by atomic mass is 16.5. The summed E-state index contributed by atoms with van der Waals surface area (Å²) in [5.41, 5.74) is 1.39. The van der Waals surface area contributed by atoms with E-state index >= 15 is 0 Å². The molecule has 0 fully saturated rings. The fourth-order valence-electron chi connectivity index (χ4n) is 2.37. The summed E-state index contributed by atoms with van der Waals surface area (Å²) in [5, 5.41) is 2.89. The van der Waals surface area contributed by atoms with Gasteiger partial charge in [-0.2, -0.15) is 0 Å². The van der Waals surface area contributed by atoms with Gasteiger partial charge in [0.15, 0.2) is 11.5 Å². The van der Waals surface area contributed by atoms with Gasteiger partial charge in [-0.15, -0.1) is 0 Å². The number of amides is 1. The Morgan fingerprint density at radius 3 is 2.40 bits per heavy atom. The number of hydrogen-bond acceptors (Lipinski definition) is 4. The molecule has 0 aliphatic carbocycles. The van der Waals surface area contributed by atoms with Crippen LogP contribution in [0.15, 0.2) is 42.5 Å². The molecule has 0 bridgehead atoms. The van der Waals surface area contributed by atoms with Gasteiger partial charge < -0.3 is 19.5 Å². The van der Waals surface area contributed by atoms with Crippen LogP contribution in [-0.4, -0.2) is 25.7 Å². The van der Waals surface area contributed by atoms with E-state index in [9.17, 15) is 4.79 Å². The molecule has 0 spiro atoms. The van der Waals surface area contributed by atoms with Crippen LogP contribution in [-0.2, 0) is 6.61 Å². The number of methoxy groups -OCH3 is 1. The minimum atomic E-state index is -0.114. The van der Waals surface area contributed by atoms with Crippen molar-refractivity contribution in [3.8, 4) is 17.2 Å². The highest BCUT2D eigenvalue weighted by Gasteiger charge is 2.13. The number of benzene rings is 2. The molecule has 0 aliphatic rings. The molecule has 5 heteroatoms. The number of ether oxygens (including phenoxy) is 3. The van der Waals surface area contributed by atoms with Gasteiger partial charge in [-0.1, -0.05) is 12.1 Å². The SMILES string of the molecule is CCOc1ccc(C(=O)NC(C)C)cc1COc1ccccc1OC. The van der Waals surface area contributed by atoms with Crippen LogP contribution in [0.1, 0.15) is 36.7 Å². The second kappa shape index (κ2) is 8.97. The molecule has 2 aromatic carbocycles. The van der Waals surface area contributed by atoms with Crippen molar-refractivity contribution in [1.82, 2.24) is 5.32 Å². The Morgan fingerprint density at radius 1 is 1.04 bits per heavy atom. The number of rotatable bonds is 8. The molecule has 0 aromatic heterocycles. The zero-order chi connectivity index (χ0) is 18.2. The third kappa shape index (κ3) is 5.14. The van der Waals surface area contributed by atoms with Gasteiger partial charge in [0, 0.05) is 17.2 Å². The first-order chi connectivity index (χ1) is 12.0. The van der Waals surface area contributed by atoms with Crippen LogP contribution in [0.2, 0.25) is 0 Å². The maximum absolute atomic E-state index is 12.2. The fourth-order valence-corrected chi connectivity index (χ4v) is 2.37. The van der Waals surface area contributed by atoms with Gasteiger partial charge in [-0.25, -0.2) is 0 Å². The van der Waals surface area contributed by atoms with Crippen LogP contribution in [0.3, 0.4) is 0 Å². The molecule has 1 N–H and O–H groups in total. The third-order valence-corrected chi connectivity index (χ3v) is 3.49. The maximum atomic E-state index is 12.2. The Balaban J connectivity index is 2.22. The number of carbonyl (C=O) groups excluding carboxylic acids is 1. The Bertz CT molecular complexity index is 713. The summed E-state index contributed by atoms with van der Waals surface area (Å²) in [4.78, 5) is 12.2. The lowest BCUT2D eigenvalue weighted by Crippen LogP contribution is -2.30. The normalized spacial score (nSPS) is 10.4. The van der Waals surface area contributed by atoms with Crippen molar-refractivity contribution < 1.29 is 19.0 Å². The summed E-state index contributed by atoms with van der Waals surface area (Å²) >= 11 is 0. The largest absolute Gasteiger partial charge is 0.493 e. The molecule has 0 aliphatic heterocycles. The van der Waals surface area contributed by atoms with E-state index in [4.69, 9.17) is 14.2 Å². The molecular weight excluding hydrogens is 318 g/mol. The van der Waals surface area contributed by atoms with Crippen molar-refractivity contribution in [1.29, 1.82) is 0 Å². The first-order valence-corrected chi connectivity index (χ1v) is 8.37. The Kier molecular flexibility index (Phi) is 6.69. The molecule has 0 atom stereocenters. The molecule has 0 unspecified atom stereocenters. The zero-order valence-corrected chi connectivity index (χ0v) is 15.2. The molecule has 0 heterocycles. The first kappa shape index (κ1) is 18.6. The van der Waals surface area contributed by atoms with Crippen LogP contribution in [0, 0.1) is 0 Å². The number of carbonyl (C=O) groups is 1. The lowest BCUT2D eigenvalue weighted by molar-refractivity contribution is 0.0943. The Labute approximate surface area is 148 Å². The molecule has 25 heavy (non-hydrogen) atoms. The van der Waals surface area contributed by atoms with Crippen molar-refractivity contribution >= 4 is 5.91 Å². The summed E-state index contributed by atoms with van der Waals surface area (Å²) < 4.78 is 16.8. The van der Waals surface area contributed by atoms with E-state index in [0.29, 0.717) is 29.4 Å². The van der Waals surface area contributed by atoms with E-state index in [1.54, 1.807) is 25.3 Å². The van der Waals surface area contributed by atoms with Crippen molar-refractivity contribution in [2.75, 3.05) is 13.7 Å². The maximum Gasteiger partial charge on any atom is 0.251 e. The average molecular weight is 343 g/mol. The number of hydrogen-bond donors (Lipinski definition) is 1. The smallest absolute Gasteiger partial charge is 0.251 e. The Morgan fingerprint density at radius 2 is 1.76 bits per heavy atom. The van der Waals surface area contributed by atoms with Crippen molar-refractivity contribution in [3.63, 3.8) is 0 Å². The van der Waals surface area contributed by atoms with Crippen LogP contribution in [0.25, 0.3) is 0 Å². The predicted octanol–water partition coefficient (Wildman–Crippen LogP) is 3.81. The van der Waals surface area contributed by atoms with E-state index in [1.165, 1.54) is 0 Å². The molecule has 0 radical (unpaired) electrons. The summed E-state index contributed by atoms with van der Waals surface area (Å²) in [6.07, 6.45) is 0. The lowest BCUT2D eigenvalue weighted by atomic mass is 10.1. The van der Waals surface area contributed by atoms with Crippen LogP contribution >= 0.6 is 0 Å². The second-order valence-electron chi connectivity index (χ2n) is 5.82. The quantitative estimate of drug-likeness (QED) is 0.792. The summed E-state index contributed by atoms with van der Waals surface area (Å²) in [6, 6.07) is 12.9. The minimum absolute atomic E-state index is 0.0762. The van der Waals surface area contributed by atoms with E-state index in [0.717, 1.165) is 5.56 Å². The van der Waals surface area contributed by atoms with Crippen molar-refractivity contribution in [2.45, 2.75) is 33.4 Å². The highest BCUT2D eigenvalue weighted by molar-refractivity contribution is 5.94. The second-order valence-corrected chi connectivity index (χ2v) is 5.82. The number of para-hydroxylation sites is 2. The van der Waals surface area contributed by atoms with Gasteiger partial charge in [0.2, 0.25) is 0 Å². The van der Waals surface area contributed by atoms with Gasteiger partial charge >= 0.3 is 0 Å². The van der Waals surface area contributed by atoms with Gasteiger partial charge in [0.1, 0.15) is 12.4 Å². The van der Waals surface area contributed by atoms with Crippen LogP contribution in [0.5, 0.6) is 17.2 Å². The molecule has 2 aromatic rings. The van der Waals surface area contributed by atoms with E-state index < -0.39 is 0 Å². The standard InChI is InChI=1S/C20H25NO4/c1-5-24-17-11-10-15(20(22)21-14(2)3)12-16(17)13-25-19-9-7-6-8-18(19)23-4/h6-12,14H,5,13H2,1-4H3,(H,21,22). The van der Waals surface area contributed by atoms with E-state index in [2.05, 4.69) is 5.32 Å². The van der Waals surface area contributed by atoms with Gasteiger partial charge in [-0.05, 0) is 51.1 Å². The number of nitrogens with one attached hydrogen (secondary N) is 1. The molecule has 1 amide bonds. The molecule has 0 saturated carbocycles. The molecule has 134 valence electrons. The highest BCUT2D eigenvalue weighted by Crippen LogP contribution is 2.28. The van der Waals surface area contributed by atoms with Crippen molar-refractivity contribution in [2.24, 2.45) is 0 Å². The van der Waals surface area contributed by atoms with Gasteiger partial charge in [0.05, 0.1) is 13.7 Å². The topological polar surface area (TPSA) is 56.8 Å². The van der Waals surface area contributed by atoms with E-state index in [-0.39, 0.29) is 18.6 Å². The van der Waals surface area contributed by atoms with Gasteiger partial charge in [-0.3, -0.25) is 4.79 Å². The van der Waals surface area contributed by atoms with E-state index in [1.807, 2.05) is 45.0 Å². The van der Waals surface area contributed by atoms with Crippen molar-refractivity contribution in [3.05, 3.63) is 53.6 Å².